The minimum atomic E-state index is -0.803. The summed E-state index contributed by atoms with van der Waals surface area (Å²) in [5.41, 5.74) is 0. The van der Waals surface area contributed by atoms with E-state index in [-0.39, 0.29) is 37.5 Å². The number of rotatable bonds is 56. The van der Waals surface area contributed by atoms with E-state index in [0.717, 1.165) is 96.3 Å². The second kappa shape index (κ2) is 62.6. The Kier molecular flexibility index (Phi) is 59.3. The van der Waals surface area contributed by atoms with Gasteiger partial charge in [0.25, 0.3) is 0 Å². The number of hydrogen-bond acceptors (Lipinski definition) is 6. The predicted molar refractivity (Wildman–Crippen MR) is 325 cm³/mol. The fourth-order valence-corrected chi connectivity index (χ4v) is 8.58. The highest BCUT2D eigenvalue weighted by Crippen LogP contribution is 2.16. The Bertz CT molecular complexity index is 1520. The van der Waals surface area contributed by atoms with Gasteiger partial charge in [-0.2, -0.15) is 0 Å². The average molecular weight is 1040 g/mol. The number of allylic oxidation sites excluding steroid dienone is 18. The molecule has 0 aliphatic carbocycles. The lowest BCUT2D eigenvalue weighted by molar-refractivity contribution is -0.167. The molecule has 0 aromatic carbocycles. The maximum absolute atomic E-state index is 12.9. The normalized spacial score (nSPS) is 12.8. The van der Waals surface area contributed by atoms with Crippen LogP contribution in [0, 0.1) is 0 Å². The first-order valence-electron chi connectivity index (χ1n) is 31.4. The Morgan fingerprint density at radius 3 is 0.867 bits per heavy atom. The van der Waals surface area contributed by atoms with Crippen LogP contribution >= 0.6 is 0 Å². The second-order valence-electron chi connectivity index (χ2n) is 20.6. The van der Waals surface area contributed by atoms with Crippen LogP contribution in [0.5, 0.6) is 0 Å². The van der Waals surface area contributed by atoms with Gasteiger partial charge in [-0.15, -0.1) is 0 Å². The minimum absolute atomic E-state index is 0.0957. The molecular formula is C69H116O6. The van der Waals surface area contributed by atoms with Crippen LogP contribution in [-0.2, 0) is 28.6 Å². The average Bonchev–Trinajstić information content (AvgIpc) is 3.41. The fourth-order valence-electron chi connectivity index (χ4n) is 8.58. The van der Waals surface area contributed by atoms with Crippen molar-refractivity contribution in [2.45, 2.75) is 297 Å². The number of esters is 3. The summed E-state index contributed by atoms with van der Waals surface area (Å²) in [6.07, 6.45) is 85.3. The number of carbonyl (C=O) groups is 3. The molecule has 75 heavy (non-hydrogen) atoms. The zero-order chi connectivity index (χ0) is 54.3. The topological polar surface area (TPSA) is 78.9 Å². The SMILES string of the molecule is CC/C=C\C/C=C\C/C=C\C/C=C\C/C=C\C/C=C\C/C=C\CCCC(=O)OCC(COC(=O)CCCCCCCCCCCCC)OC(=O)CCCCCCCCCCCCC/C=C\C/C=C\CCCCCCC. The number of unbranched alkanes of at least 4 members (excludes halogenated alkanes) is 27. The maximum atomic E-state index is 12.9. The molecule has 0 aliphatic heterocycles. The molecular weight excluding hydrogens is 925 g/mol. The first-order valence-corrected chi connectivity index (χ1v) is 31.4. The number of hydrogen-bond donors (Lipinski definition) is 0. The van der Waals surface area contributed by atoms with Gasteiger partial charge in [0, 0.05) is 19.3 Å². The molecule has 0 fully saturated rings. The van der Waals surface area contributed by atoms with Crippen LogP contribution < -0.4 is 0 Å². The van der Waals surface area contributed by atoms with E-state index in [2.05, 4.69) is 130 Å². The summed E-state index contributed by atoms with van der Waals surface area (Å²) in [6, 6.07) is 0. The van der Waals surface area contributed by atoms with E-state index in [1.54, 1.807) is 0 Å². The third kappa shape index (κ3) is 60.8. The van der Waals surface area contributed by atoms with Gasteiger partial charge >= 0.3 is 17.9 Å². The maximum Gasteiger partial charge on any atom is 0.306 e. The van der Waals surface area contributed by atoms with E-state index < -0.39 is 6.10 Å². The van der Waals surface area contributed by atoms with Crippen LogP contribution in [0.25, 0.3) is 0 Å². The second-order valence-corrected chi connectivity index (χ2v) is 20.6. The molecule has 0 aromatic rings. The molecule has 0 aromatic heterocycles. The molecule has 0 saturated heterocycles. The molecule has 0 saturated carbocycles. The van der Waals surface area contributed by atoms with Gasteiger partial charge < -0.3 is 14.2 Å². The van der Waals surface area contributed by atoms with E-state index in [1.807, 2.05) is 0 Å². The summed E-state index contributed by atoms with van der Waals surface area (Å²) in [5.74, 6) is -0.955. The molecule has 0 spiro atoms. The van der Waals surface area contributed by atoms with E-state index in [1.165, 1.54) is 148 Å². The van der Waals surface area contributed by atoms with Crippen molar-refractivity contribution >= 4 is 17.9 Å². The van der Waals surface area contributed by atoms with Gasteiger partial charge in [0.1, 0.15) is 13.2 Å². The first-order chi connectivity index (χ1) is 37.0. The summed E-state index contributed by atoms with van der Waals surface area (Å²) >= 11 is 0. The lowest BCUT2D eigenvalue weighted by atomic mass is 10.0. The summed E-state index contributed by atoms with van der Waals surface area (Å²) in [6.45, 7) is 6.47. The molecule has 0 amide bonds. The molecule has 0 rings (SSSR count). The van der Waals surface area contributed by atoms with Crippen LogP contribution in [0.1, 0.15) is 290 Å². The van der Waals surface area contributed by atoms with Crippen LogP contribution in [0.15, 0.2) is 109 Å². The molecule has 6 nitrogen and oxygen atoms in total. The van der Waals surface area contributed by atoms with Crippen molar-refractivity contribution in [2.75, 3.05) is 13.2 Å². The van der Waals surface area contributed by atoms with Gasteiger partial charge in [-0.1, -0.05) is 278 Å². The highest BCUT2D eigenvalue weighted by molar-refractivity contribution is 5.71. The Morgan fingerprint density at radius 2 is 0.533 bits per heavy atom. The van der Waals surface area contributed by atoms with Crippen LogP contribution in [0.2, 0.25) is 0 Å². The van der Waals surface area contributed by atoms with E-state index in [0.29, 0.717) is 19.3 Å². The Balaban J connectivity index is 4.40. The lowest BCUT2D eigenvalue weighted by Gasteiger charge is -2.18. The van der Waals surface area contributed by atoms with E-state index in [9.17, 15) is 14.4 Å². The molecule has 0 bridgehead atoms. The zero-order valence-electron chi connectivity index (χ0n) is 49.0. The molecule has 0 heterocycles. The third-order valence-corrected chi connectivity index (χ3v) is 13.3. The van der Waals surface area contributed by atoms with Crippen LogP contribution in [-0.4, -0.2) is 37.2 Å². The van der Waals surface area contributed by atoms with E-state index in [4.69, 9.17) is 14.2 Å². The number of ether oxygens (including phenoxy) is 3. The van der Waals surface area contributed by atoms with Crippen molar-refractivity contribution in [3.05, 3.63) is 109 Å². The van der Waals surface area contributed by atoms with Crippen molar-refractivity contribution < 1.29 is 28.6 Å². The molecule has 6 heteroatoms. The van der Waals surface area contributed by atoms with Crippen molar-refractivity contribution in [3.63, 3.8) is 0 Å². The van der Waals surface area contributed by atoms with Gasteiger partial charge in [-0.3, -0.25) is 14.4 Å². The molecule has 428 valence electrons. The molecule has 1 atom stereocenters. The lowest BCUT2D eigenvalue weighted by Crippen LogP contribution is -2.30. The van der Waals surface area contributed by atoms with Crippen molar-refractivity contribution in [1.82, 2.24) is 0 Å². The third-order valence-electron chi connectivity index (χ3n) is 13.3. The highest BCUT2D eigenvalue weighted by atomic mass is 16.6. The summed E-state index contributed by atoms with van der Waals surface area (Å²) in [7, 11) is 0. The smallest absolute Gasteiger partial charge is 0.306 e. The van der Waals surface area contributed by atoms with Crippen LogP contribution in [0.3, 0.4) is 0 Å². The van der Waals surface area contributed by atoms with Gasteiger partial charge in [0.2, 0.25) is 0 Å². The summed E-state index contributed by atoms with van der Waals surface area (Å²) < 4.78 is 16.8. The Labute approximate surface area is 463 Å². The largest absolute Gasteiger partial charge is 0.462 e. The quantitative estimate of drug-likeness (QED) is 0.0261. The summed E-state index contributed by atoms with van der Waals surface area (Å²) in [5, 5.41) is 0. The Hall–Kier alpha value is -3.93. The first kappa shape index (κ1) is 71.1. The molecule has 1 unspecified atom stereocenters. The predicted octanol–water partition coefficient (Wildman–Crippen LogP) is 21.4. The zero-order valence-corrected chi connectivity index (χ0v) is 49.0. The molecule has 0 radical (unpaired) electrons. The van der Waals surface area contributed by atoms with E-state index >= 15 is 0 Å². The highest BCUT2D eigenvalue weighted by Gasteiger charge is 2.19. The van der Waals surface area contributed by atoms with Gasteiger partial charge in [0.15, 0.2) is 6.10 Å². The van der Waals surface area contributed by atoms with Gasteiger partial charge in [-0.05, 0) is 103 Å². The van der Waals surface area contributed by atoms with Crippen molar-refractivity contribution in [1.29, 1.82) is 0 Å². The van der Waals surface area contributed by atoms with Crippen molar-refractivity contribution in [2.24, 2.45) is 0 Å². The van der Waals surface area contributed by atoms with Crippen LogP contribution in [0.4, 0.5) is 0 Å². The molecule has 0 N–H and O–H groups in total. The number of carbonyl (C=O) groups excluding carboxylic acids is 3. The fraction of sp³-hybridized carbons (Fsp3) is 0.696. The van der Waals surface area contributed by atoms with Gasteiger partial charge in [-0.25, -0.2) is 0 Å². The monoisotopic (exact) mass is 1040 g/mol. The Morgan fingerprint density at radius 1 is 0.280 bits per heavy atom. The molecule has 0 aliphatic rings. The van der Waals surface area contributed by atoms with Gasteiger partial charge in [0.05, 0.1) is 0 Å². The minimum Gasteiger partial charge on any atom is -0.462 e. The van der Waals surface area contributed by atoms with Crippen molar-refractivity contribution in [3.8, 4) is 0 Å². The standard InChI is InChI=1S/C69H116O6/c1-4-7-10-13-16-19-22-24-26-28-30-32-34-36-38-40-42-44-47-50-53-56-59-62-68(71)74-65-66(64-73-67(70)61-58-55-52-49-46-21-18-15-12-9-6-3)75-69(72)63-60-57-54-51-48-45-43-41-39-37-35-33-31-29-27-25-23-20-17-14-11-8-5-2/h7,10,16,19,23-26,29-32,36,38,42,44,50,53,66H,4-6,8-9,11-15,17-18,20-22,27-28,33-35,37,39-41,43,45-49,51-52,54-65H2,1-3H3/b10-7-,19-16-,25-23-,26-24-,31-29-,32-30-,38-36-,44-42-,53-50-. The summed E-state index contributed by atoms with van der Waals surface area (Å²) in [4.78, 5) is 38.2.